The zero-order valence-corrected chi connectivity index (χ0v) is 13.1. The highest BCUT2D eigenvalue weighted by Crippen LogP contribution is 2.37. The van der Waals surface area contributed by atoms with E-state index >= 15 is 0 Å². The first-order chi connectivity index (χ1) is 11.2. The fourth-order valence-electron chi connectivity index (χ4n) is 2.18. The number of nitrogens with one attached hydrogen (secondary N) is 2. The van der Waals surface area contributed by atoms with E-state index in [0.29, 0.717) is 42.0 Å². The van der Waals surface area contributed by atoms with Crippen LogP contribution in [0.3, 0.4) is 0 Å². The van der Waals surface area contributed by atoms with Crippen LogP contribution in [-0.4, -0.2) is 24.2 Å². The van der Waals surface area contributed by atoms with Crippen molar-refractivity contribution in [3.8, 4) is 11.5 Å². The van der Waals surface area contributed by atoms with Crippen molar-refractivity contribution in [2.45, 2.75) is 13.0 Å². The molecule has 0 atom stereocenters. The van der Waals surface area contributed by atoms with Gasteiger partial charge in [-0.15, -0.1) is 0 Å². The van der Waals surface area contributed by atoms with Gasteiger partial charge in [0, 0.05) is 19.2 Å². The van der Waals surface area contributed by atoms with Gasteiger partial charge in [-0.1, -0.05) is 11.6 Å². The molecule has 1 aromatic heterocycles. The quantitative estimate of drug-likeness (QED) is 0.904. The molecular formula is C16H16ClN3O3. The molecule has 2 aromatic rings. The first-order valence-corrected chi connectivity index (χ1v) is 7.63. The maximum absolute atomic E-state index is 11.9. The van der Waals surface area contributed by atoms with E-state index in [0.717, 1.165) is 12.0 Å². The molecule has 23 heavy (non-hydrogen) atoms. The molecular weight excluding hydrogens is 318 g/mol. The zero-order chi connectivity index (χ0) is 16.1. The second-order valence-electron chi connectivity index (χ2n) is 5.00. The van der Waals surface area contributed by atoms with Gasteiger partial charge in [-0.05, 0) is 29.8 Å². The van der Waals surface area contributed by atoms with E-state index < -0.39 is 0 Å². The number of fused-ring (bicyclic) bond motifs is 1. The van der Waals surface area contributed by atoms with Crippen molar-refractivity contribution in [1.29, 1.82) is 0 Å². The summed E-state index contributed by atoms with van der Waals surface area (Å²) < 4.78 is 11.2. The Morgan fingerprint density at radius 1 is 1.30 bits per heavy atom. The minimum atomic E-state index is -0.318. The van der Waals surface area contributed by atoms with Crippen LogP contribution in [0.15, 0.2) is 36.7 Å². The van der Waals surface area contributed by atoms with Crippen LogP contribution in [0.2, 0.25) is 5.02 Å². The van der Waals surface area contributed by atoms with Crippen LogP contribution in [0.25, 0.3) is 0 Å². The maximum atomic E-state index is 11.9. The van der Waals surface area contributed by atoms with Crippen molar-refractivity contribution in [2.75, 3.05) is 18.5 Å². The van der Waals surface area contributed by atoms with Gasteiger partial charge in [0.25, 0.3) is 0 Å². The van der Waals surface area contributed by atoms with Crippen LogP contribution in [0.4, 0.5) is 10.5 Å². The van der Waals surface area contributed by atoms with Crippen LogP contribution in [0, 0.1) is 0 Å². The summed E-state index contributed by atoms with van der Waals surface area (Å²) in [5, 5.41) is 5.94. The van der Waals surface area contributed by atoms with Gasteiger partial charge in [-0.3, -0.25) is 4.98 Å². The average molecular weight is 334 g/mol. The highest BCUT2D eigenvalue weighted by molar-refractivity contribution is 6.32. The summed E-state index contributed by atoms with van der Waals surface area (Å²) in [7, 11) is 0. The number of nitrogens with zero attached hydrogens (tertiary/aromatic N) is 1. The molecule has 0 saturated heterocycles. The Balaban J connectivity index is 1.63. The molecule has 0 radical (unpaired) electrons. The Bertz CT molecular complexity index is 694. The summed E-state index contributed by atoms with van der Waals surface area (Å²) >= 11 is 6.22. The molecule has 1 aliphatic rings. The number of urea groups is 1. The topological polar surface area (TPSA) is 72.5 Å². The Labute approximate surface area is 138 Å². The standard InChI is InChI=1S/C16H16ClN3O3/c17-13-7-11(8-14-15(13)23-6-2-5-22-14)9-19-16(21)20-12-3-1-4-18-10-12/h1,3-4,7-8,10H,2,5-6,9H2,(H2,19,20,21). The molecule has 0 spiro atoms. The number of pyridine rings is 1. The lowest BCUT2D eigenvalue weighted by Gasteiger charge is -2.12. The van der Waals surface area contributed by atoms with Crippen LogP contribution < -0.4 is 20.1 Å². The number of halogens is 1. The third kappa shape index (κ3) is 4.04. The lowest BCUT2D eigenvalue weighted by molar-refractivity contribution is 0.251. The van der Waals surface area contributed by atoms with Crippen LogP contribution in [-0.2, 0) is 6.54 Å². The summed E-state index contributed by atoms with van der Waals surface area (Å²) in [4.78, 5) is 15.8. The molecule has 0 unspecified atom stereocenters. The molecule has 3 rings (SSSR count). The minimum absolute atomic E-state index is 0.318. The summed E-state index contributed by atoms with van der Waals surface area (Å²) in [6.45, 7) is 1.49. The number of carbonyl (C=O) groups excluding carboxylic acids is 1. The van der Waals surface area contributed by atoms with Gasteiger partial charge >= 0.3 is 6.03 Å². The normalized spacial score (nSPS) is 13.1. The molecule has 0 aliphatic carbocycles. The minimum Gasteiger partial charge on any atom is -0.489 e. The average Bonchev–Trinajstić information content (AvgIpc) is 2.80. The Morgan fingerprint density at radius 3 is 3.00 bits per heavy atom. The van der Waals surface area contributed by atoms with E-state index in [1.807, 2.05) is 6.07 Å². The summed E-state index contributed by atoms with van der Waals surface area (Å²) in [6, 6.07) is 6.79. The number of benzene rings is 1. The number of amides is 2. The molecule has 6 nitrogen and oxygen atoms in total. The first kappa shape index (κ1) is 15.4. The summed E-state index contributed by atoms with van der Waals surface area (Å²) in [5.41, 5.74) is 1.46. The van der Waals surface area contributed by atoms with Crippen molar-refractivity contribution in [1.82, 2.24) is 10.3 Å². The van der Waals surface area contributed by atoms with Crippen LogP contribution in [0.5, 0.6) is 11.5 Å². The zero-order valence-electron chi connectivity index (χ0n) is 12.3. The largest absolute Gasteiger partial charge is 0.489 e. The van der Waals surface area contributed by atoms with Gasteiger partial charge < -0.3 is 20.1 Å². The third-order valence-corrected chi connectivity index (χ3v) is 3.52. The fourth-order valence-corrected chi connectivity index (χ4v) is 2.47. The lowest BCUT2D eigenvalue weighted by Crippen LogP contribution is -2.28. The van der Waals surface area contributed by atoms with E-state index in [1.54, 1.807) is 30.6 Å². The van der Waals surface area contributed by atoms with E-state index in [4.69, 9.17) is 21.1 Å². The number of anilines is 1. The predicted molar refractivity (Wildman–Crippen MR) is 87.2 cm³/mol. The second-order valence-corrected chi connectivity index (χ2v) is 5.41. The molecule has 2 heterocycles. The number of ether oxygens (including phenoxy) is 2. The van der Waals surface area contributed by atoms with Gasteiger partial charge in [-0.25, -0.2) is 4.79 Å². The molecule has 120 valence electrons. The van der Waals surface area contributed by atoms with Crippen molar-refractivity contribution in [3.63, 3.8) is 0 Å². The molecule has 7 heteroatoms. The van der Waals surface area contributed by atoms with Crippen LogP contribution in [0.1, 0.15) is 12.0 Å². The third-order valence-electron chi connectivity index (χ3n) is 3.23. The van der Waals surface area contributed by atoms with E-state index in [-0.39, 0.29) is 6.03 Å². The number of carbonyl (C=O) groups is 1. The molecule has 0 saturated carbocycles. The van der Waals surface area contributed by atoms with Gasteiger partial charge in [0.15, 0.2) is 11.5 Å². The van der Waals surface area contributed by atoms with E-state index in [1.165, 1.54) is 0 Å². The van der Waals surface area contributed by atoms with Gasteiger partial charge in [0.05, 0.1) is 30.1 Å². The van der Waals surface area contributed by atoms with Gasteiger partial charge in [-0.2, -0.15) is 0 Å². The molecule has 2 N–H and O–H groups in total. The highest BCUT2D eigenvalue weighted by Gasteiger charge is 2.15. The Morgan fingerprint density at radius 2 is 2.17 bits per heavy atom. The van der Waals surface area contributed by atoms with Crippen molar-refractivity contribution in [2.24, 2.45) is 0 Å². The Kier molecular flexibility index (Phi) is 4.83. The summed E-state index contributed by atoms with van der Waals surface area (Å²) in [6.07, 6.45) is 4.03. The highest BCUT2D eigenvalue weighted by atomic mass is 35.5. The van der Waals surface area contributed by atoms with Crippen molar-refractivity contribution in [3.05, 3.63) is 47.2 Å². The first-order valence-electron chi connectivity index (χ1n) is 7.25. The molecule has 2 amide bonds. The molecule has 0 fully saturated rings. The predicted octanol–water partition coefficient (Wildman–Crippen LogP) is 3.22. The lowest BCUT2D eigenvalue weighted by atomic mass is 10.2. The molecule has 1 aromatic carbocycles. The number of rotatable bonds is 3. The summed E-state index contributed by atoms with van der Waals surface area (Å²) in [5.74, 6) is 1.17. The van der Waals surface area contributed by atoms with Gasteiger partial charge in [0.1, 0.15) is 0 Å². The number of aromatic nitrogens is 1. The smallest absolute Gasteiger partial charge is 0.319 e. The number of hydrogen-bond donors (Lipinski definition) is 2. The number of hydrogen-bond acceptors (Lipinski definition) is 4. The van der Waals surface area contributed by atoms with Crippen molar-refractivity contribution >= 4 is 23.3 Å². The molecule has 1 aliphatic heterocycles. The maximum Gasteiger partial charge on any atom is 0.319 e. The fraction of sp³-hybridized carbons (Fsp3) is 0.250. The second kappa shape index (κ2) is 7.19. The van der Waals surface area contributed by atoms with E-state index in [2.05, 4.69) is 15.6 Å². The SMILES string of the molecule is O=C(NCc1cc(Cl)c2c(c1)OCCCO2)Nc1cccnc1. The van der Waals surface area contributed by atoms with E-state index in [9.17, 15) is 4.79 Å². The Hall–Kier alpha value is -2.47. The van der Waals surface area contributed by atoms with Crippen LogP contribution >= 0.6 is 11.6 Å². The molecule has 0 bridgehead atoms. The van der Waals surface area contributed by atoms with Gasteiger partial charge in [0.2, 0.25) is 0 Å². The monoisotopic (exact) mass is 333 g/mol. The van der Waals surface area contributed by atoms with Crippen molar-refractivity contribution < 1.29 is 14.3 Å².